The maximum Gasteiger partial charge on any atom is 0.335 e. The molecule has 148 valence electrons. The third-order valence-electron chi connectivity index (χ3n) is 6.18. The molecule has 2 aliphatic carbocycles. The lowest BCUT2D eigenvalue weighted by Crippen LogP contribution is -2.40. The predicted molar refractivity (Wildman–Crippen MR) is 99.8 cm³/mol. The Bertz CT molecular complexity index is 848. The van der Waals surface area contributed by atoms with E-state index in [1.54, 1.807) is 19.1 Å². The zero-order valence-corrected chi connectivity index (χ0v) is 16.3. The van der Waals surface area contributed by atoms with Gasteiger partial charge in [0.15, 0.2) is 0 Å². The van der Waals surface area contributed by atoms with Crippen molar-refractivity contribution in [1.29, 1.82) is 0 Å². The van der Waals surface area contributed by atoms with Crippen molar-refractivity contribution in [3.05, 3.63) is 41.5 Å². The average Bonchev–Trinajstić information content (AvgIpc) is 3.32. The molecule has 0 aromatic heterocycles. The van der Waals surface area contributed by atoms with Crippen LogP contribution in [-0.2, 0) is 28.6 Å². The number of hydrogen-bond acceptors (Lipinski definition) is 6. The van der Waals surface area contributed by atoms with Crippen LogP contribution in [0.2, 0.25) is 0 Å². The third kappa shape index (κ3) is 2.73. The number of hydrogen-bond donors (Lipinski definition) is 0. The van der Waals surface area contributed by atoms with Crippen LogP contribution in [0.1, 0.15) is 18.9 Å². The zero-order chi connectivity index (χ0) is 20.0. The monoisotopic (exact) mass is 404 g/mol. The maximum absolute atomic E-state index is 12.9. The van der Waals surface area contributed by atoms with Crippen molar-refractivity contribution in [3.8, 4) is 0 Å². The molecule has 1 aliphatic heterocycles. The summed E-state index contributed by atoms with van der Waals surface area (Å²) in [6.07, 6.45) is 0.146. The summed E-state index contributed by atoms with van der Waals surface area (Å²) in [7, 11) is 1.31. The minimum atomic E-state index is -0.629. The van der Waals surface area contributed by atoms with Crippen molar-refractivity contribution in [2.75, 3.05) is 13.7 Å². The van der Waals surface area contributed by atoms with Crippen LogP contribution in [0.3, 0.4) is 0 Å². The number of halogens is 1. The van der Waals surface area contributed by atoms with Gasteiger partial charge in [-0.1, -0.05) is 41.9 Å². The summed E-state index contributed by atoms with van der Waals surface area (Å²) in [6, 6.07) is 9.10. The Morgan fingerprint density at radius 2 is 1.89 bits per heavy atom. The number of ether oxygens (including phenoxy) is 3. The number of esters is 3. The minimum absolute atomic E-state index is 0.115. The number of rotatable bonds is 5. The van der Waals surface area contributed by atoms with Gasteiger partial charge in [0.25, 0.3) is 0 Å². The molecule has 1 saturated heterocycles. The van der Waals surface area contributed by atoms with E-state index in [1.807, 2.05) is 18.2 Å². The highest BCUT2D eigenvalue weighted by Crippen LogP contribution is 2.63. The summed E-state index contributed by atoms with van der Waals surface area (Å²) in [5.41, 5.74) is 0.944. The first-order valence-corrected chi connectivity index (χ1v) is 9.77. The molecular weight excluding hydrogens is 384 g/mol. The standard InChI is InChI=1S/C21H21ClO6/c1-3-27-20(24)16(17(22)10-7-5-4-6-8-10)13-11-9-12-15(14(11)19(23)26-2)21(25)28-18(12)13/h4-8,11-15,18H,3,9H2,1-2H3/b17-16-/t11-,12-,13-,14-,15-,18+/m0/s1. The number of carbonyl (C=O) groups is 3. The number of methoxy groups -OCH3 is 1. The average molecular weight is 405 g/mol. The van der Waals surface area contributed by atoms with Crippen LogP contribution in [0.5, 0.6) is 0 Å². The van der Waals surface area contributed by atoms with Crippen LogP contribution in [0.15, 0.2) is 35.9 Å². The van der Waals surface area contributed by atoms with Gasteiger partial charge >= 0.3 is 17.9 Å². The molecule has 0 spiro atoms. The van der Waals surface area contributed by atoms with Gasteiger partial charge in [0.05, 0.1) is 36.2 Å². The Kier molecular flexibility index (Phi) is 4.91. The molecule has 6 atom stereocenters. The summed E-state index contributed by atoms with van der Waals surface area (Å²) >= 11 is 6.68. The lowest BCUT2D eigenvalue weighted by molar-refractivity contribution is -0.153. The molecule has 3 fully saturated rings. The van der Waals surface area contributed by atoms with Gasteiger partial charge in [-0.25, -0.2) is 4.79 Å². The summed E-state index contributed by atoms with van der Waals surface area (Å²) in [5.74, 6) is -3.38. The molecule has 2 saturated carbocycles. The Balaban J connectivity index is 1.82. The highest BCUT2D eigenvalue weighted by molar-refractivity contribution is 6.51. The van der Waals surface area contributed by atoms with Gasteiger partial charge in [-0.2, -0.15) is 0 Å². The molecule has 0 amide bonds. The van der Waals surface area contributed by atoms with Crippen LogP contribution < -0.4 is 0 Å². The molecule has 0 radical (unpaired) electrons. The van der Waals surface area contributed by atoms with Crippen molar-refractivity contribution in [3.63, 3.8) is 0 Å². The second kappa shape index (κ2) is 7.24. The topological polar surface area (TPSA) is 78.9 Å². The molecule has 7 heteroatoms. The fraction of sp³-hybridized carbons (Fsp3) is 0.476. The maximum atomic E-state index is 12.9. The Labute approximate surface area is 167 Å². The predicted octanol–water partition coefficient (Wildman–Crippen LogP) is 2.80. The fourth-order valence-corrected chi connectivity index (χ4v) is 5.54. The number of fused-ring (bicyclic) bond motifs is 1. The van der Waals surface area contributed by atoms with E-state index in [2.05, 4.69) is 0 Å². The van der Waals surface area contributed by atoms with E-state index in [4.69, 9.17) is 25.8 Å². The summed E-state index contributed by atoms with van der Waals surface area (Å²) in [5, 5.41) is 0.264. The highest BCUT2D eigenvalue weighted by Gasteiger charge is 2.70. The lowest BCUT2D eigenvalue weighted by atomic mass is 9.71. The van der Waals surface area contributed by atoms with Crippen LogP contribution >= 0.6 is 11.6 Å². The van der Waals surface area contributed by atoms with Crippen molar-refractivity contribution in [2.24, 2.45) is 29.6 Å². The molecule has 6 nitrogen and oxygen atoms in total. The second-order valence-electron chi connectivity index (χ2n) is 7.38. The molecule has 28 heavy (non-hydrogen) atoms. The largest absolute Gasteiger partial charge is 0.469 e. The molecule has 0 N–H and O–H groups in total. The van der Waals surface area contributed by atoms with E-state index in [0.717, 1.165) is 0 Å². The van der Waals surface area contributed by atoms with E-state index in [-0.39, 0.29) is 29.0 Å². The van der Waals surface area contributed by atoms with Gasteiger partial charge in [0.1, 0.15) is 6.10 Å². The smallest absolute Gasteiger partial charge is 0.335 e. The first-order chi connectivity index (χ1) is 13.5. The molecular formula is C21H21ClO6. The van der Waals surface area contributed by atoms with Gasteiger partial charge in [-0.05, 0) is 24.8 Å². The van der Waals surface area contributed by atoms with Crippen molar-refractivity contribution in [1.82, 2.24) is 0 Å². The highest BCUT2D eigenvalue weighted by atomic mass is 35.5. The van der Waals surface area contributed by atoms with E-state index in [0.29, 0.717) is 12.0 Å². The molecule has 1 heterocycles. The van der Waals surface area contributed by atoms with E-state index < -0.39 is 41.8 Å². The quantitative estimate of drug-likeness (QED) is 0.426. The fourth-order valence-electron chi connectivity index (χ4n) is 5.21. The van der Waals surface area contributed by atoms with Crippen molar-refractivity contribution < 1.29 is 28.6 Å². The Hall–Kier alpha value is -2.34. The second-order valence-corrected chi connectivity index (χ2v) is 7.76. The van der Waals surface area contributed by atoms with E-state index >= 15 is 0 Å². The van der Waals surface area contributed by atoms with Gasteiger partial charge in [-0.15, -0.1) is 0 Å². The third-order valence-corrected chi connectivity index (χ3v) is 6.60. The number of benzene rings is 1. The van der Waals surface area contributed by atoms with E-state index in [1.165, 1.54) is 7.11 Å². The van der Waals surface area contributed by atoms with Gasteiger partial charge < -0.3 is 14.2 Å². The molecule has 2 bridgehead atoms. The SMILES string of the molecule is CCOC(=O)/C(=C(\Cl)c1ccccc1)[C@@H]1[C@@H]2C[C@@H]3[C@H]1OC(=O)[C@@H]3[C@H]2C(=O)OC. The van der Waals surface area contributed by atoms with E-state index in [9.17, 15) is 14.4 Å². The molecule has 1 aromatic carbocycles. The lowest BCUT2D eigenvalue weighted by Gasteiger charge is -2.31. The van der Waals surface area contributed by atoms with Crippen LogP contribution in [0, 0.1) is 29.6 Å². The first-order valence-electron chi connectivity index (χ1n) is 9.40. The summed E-state index contributed by atoms with van der Waals surface area (Å²) in [4.78, 5) is 37.8. The summed E-state index contributed by atoms with van der Waals surface area (Å²) < 4.78 is 15.9. The van der Waals surface area contributed by atoms with Crippen LogP contribution in [0.25, 0.3) is 5.03 Å². The summed E-state index contributed by atoms with van der Waals surface area (Å²) in [6.45, 7) is 1.91. The molecule has 1 aromatic rings. The van der Waals surface area contributed by atoms with Crippen molar-refractivity contribution in [2.45, 2.75) is 19.4 Å². The molecule has 4 rings (SSSR count). The molecule has 0 unspecified atom stereocenters. The zero-order valence-electron chi connectivity index (χ0n) is 15.6. The first kappa shape index (κ1) is 19.0. The molecule has 3 aliphatic rings. The normalized spacial score (nSPS) is 33.3. The van der Waals surface area contributed by atoms with Crippen LogP contribution in [0.4, 0.5) is 0 Å². The van der Waals surface area contributed by atoms with Gasteiger partial charge in [-0.3, -0.25) is 9.59 Å². The Morgan fingerprint density at radius 3 is 2.54 bits per heavy atom. The van der Waals surface area contributed by atoms with Crippen LogP contribution in [-0.4, -0.2) is 37.7 Å². The van der Waals surface area contributed by atoms with Crippen molar-refractivity contribution >= 4 is 34.5 Å². The van der Waals surface area contributed by atoms with Gasteiger partial charge in [0, 0.05) is 11.8 Å². The Morgan fingerprint density at radius 1 is 1.18 bits per heavy atom. The van der Waals surface area contributed by atoms with Gasteiger partial charge in [0.2, 0.25) is 0 Å². The number of carbonyl (C=O) groups excluding carboxylic acids is 3. The minimum Gasteiger partial charge on any atom is -0.469 e.